The molecule has 0 aliphatic rings. The van der Waals surface area contributed by atoms with Crippen molar-refractivity contribution in [3.05, 3.63) is 131 Å². The first-order valence-electron chi connectivity index (χ1n) is 11.7. The summed E-state index contributed by atoms with van der Waals surface area (Å²) in [5.41, 5.74) is 17.3. The molecule has 0 aromatic heterocycles. The van der Waals surface area contributed by atoms with Crippen LogP contribution in [0.4, 0.5) is 22.7 Å². The third kappa shape index (κ3) is 5.01. The molecule has 0 bridgehead atoms. The number of anilines is 4. The maximum atomic E-state index is 5.87. The summed E-state index contributed by atoms with van der Waals surface area (Å²) in [6.07, 6.45) is 0. The molecular formula is C32H27BrN2. The average molecular weight is 519 g/mol. The number of benzene rings is 5. The molecule has 0 heterocycles. The van der Waals surface area contributed by atoms with Crippen LogP contribution in [0.15, 0.2) is 120 Å². The third-order valence-electron chi connectivity index (χ3n) is 6.27. The molecule has 35 heavy (non-hydrogen) atoms. The molecule has 0 unspecified atom stereocenters. The highest BCUT2D eigenvalue weighted by atomic mass is 79.9. The lowest BCUT2D eigenvalue weighted by Gasteiger charge is -2.27. The van der Waals surface area contributed by atoms with E-state index in [1.807, 2.05) is 12.1 Å². The maximum Gasteiger partial charge on any atom is 0.0490 e. The summed E-state index contributed by atoms with van der Waals surface area (Å²) in [6, 6.07) is 40.6. The Bertz CT molecular complexity index is 1350. The Kier molecular flexibility index (Phi) is 6.43. The molecule has 0 atom stereocenters. The van der Waals surface area contributed by atoms with Gasteiger partial charge in [0.1, 0.15) is 0 Å². The van der Waals surface area contributed by atoms with E-state index in [0.29, 0.717) is 0 Å². The molecule has 3 heteroatoms. The molecule has 5 aromatic rings. The van der Waals surface area contributed by atoms with Gasteiger partial charge in [0.15, 0.2) is 0 Å². The van der Waals surface area contributed by atoms with Crippen molar-refractivity contribution in [2.45, 2.75) is 13.8 Å². The number of nitrogens with two attached hydrogens (primary N) is 1. The zero-order chi connectivity index (χ0) is 24.4. The lowest BCUT2D eigenvalue weighted by atomic mass is 10.0. The molecule has 2 N–H and O–H groups in total. The van der Waals surface area contributed by atoms with Crippen LogP contribution in [-0.2, 0) is 0 Å². The highest BCUT2D eigenvalue weighted by Gasteiger charge is 2.15. The number of hydrogen-bond donors (Lipinski definition) is 1. The highest BCUT2D eigenvalue weighted by Crippen LogP contribution is 2.38. The van der Waals surface area contributed by atoms with Gasteiger partial charge >= 0.3 is 0 Å². The molecule has 0 saturated carbocycles. The van der Waals surface area contributed by atoms with Gasteiger partial charge in [-0.05, 0) is 96.3 Å². The summed E-state index contributed by atoms with van der Waals surface area (Å²) in [5, 5.41) is 0. The minimum Gasteiger partial charge on any atom is -0.399 e. The van der Waals surface area contributed by atoms with Crippen LogP contribution in [0.25, 0.3) is 22.3 Å². The summed E-state index contributed by atoms with van der Waals surface area (Å²) < 4.78 is 1.08. The summed E-state index contributed by atoms with van der Waals surface area (Å²) in [6.45, 7) is 4.31. The highest BCUT2D eigenvalue weighted by molar-refractivity contribution is 9.10. The van der Waals surface area contributed by atoms with E-state index in [1.54, 1.807) is 0 Å². The van der Waals surface area contributed by atoms with Gasteiger partial charge in [-0.15, -0.1) is 0 Å². The van der Waals surface area contributed by atoms with Gasteiger partial charge in [-0.25, -0.2) is 0 Å². The van der Waals surface area contributed by atoms with Crippen LogP contribution < -0.4 is 10.6 Å². The van der Waals surface area contributed by atoms with Crippen molar-refractivity contribution >= 4 is 38.7 Å². The van der Waals surface area contributed by atoms with E-state index in [4.69, 9.17) is 5.73 Å². The van der Waals surface area contributed by atoms with Gasteiger partial charge in [-0.1, -0.05) is 82.2 Å². The second-order valence-electron chi connectivity index (χ2n) is 8.85. The Morgan fingerprint density at radius 1 is 0.543 bits per heavy atom. The fourth-order valence-electron chi connectivity index (χ4n) is 4.41. The zero-order valence-electron chi connectivity index (χ0n) is 19.9. The van der Waals surface area contributed by atoms with E-state index in [1.165, 1.54) is 33.5 Å². The summed E-state index contributed by atoms with van der Waals surface area (Å²) in [4.78, 5) is 2.33. The number of aryl methyl sites for hydroxylation is 2. The predicted octanol–water partition coefficient (Wildman–Crippen LogP) is 9.45. The van der Waals surface area contributed by atoms with E-state index in [2.05, 4.69) is 138 Å². The van der Waals surface area contributed by atoms with Gasteiger partial charge in [0.2, 0.25) is 0 Å². The van der Waals surface area contributed by atoms with E-state index in [9.17, 15) is 0 Å². The molecule has 172 valence electrons. The predicted molar refractivity (Wildman–Crippen MR) is 154 cm³/mol. The lowest BCUT2D eigenvalue weighted by Crippen LogP contribution is -2.11. The number of rotatable bonds is 5. The van der Waals surface area contributed by atoms with Gasteiger partial charge in [-0.2, -0.15) is 0 Å². The minimum atomic E-state index is 0.776. The van der Waals surface area contributed by atoms with Crippen LogP contribution in [0, 0.1) is 13.8 Å². The van der Waals surface area contributed by atoms with Gasteiger partial charge < -0.3 is 10.6 Å². The van der Waals surface area contributed by atoms with Gasteiger partial charge in [0.25, 0.3) is 0 Å². The molecular weight excluding hydrogens is 492 g/mol. The smallest absolute Gasteiger partial charge is 0.0490 e. The molecule has 0 amide bonds. The molecule has 0 spiro atoms. The van der Waals surface area contributed by atoms with Gasteiger partial charge in [0.05, 0.1) is 0 Å². The molecule has 5 rings (SSSR count). The van der Waals surface area contributed by atoms with Crippen LogP contribution in [-0.4, -0.2) is 0 Å². The number of nitrogen functional groups attached to an aromatic ring is 1. The van der Waals surface area contributed by atoms with Crippen LogP contribution in [0.5, 0.6) is 0 Å². The fourth-order valence-corrected chi connectivity index (χ4v) is 4.67. The molecule has 2 nitrogen and oxygen atoms in total. The summed E-state index contributed by atoms with van der Waals surface area (Å²) in [7, 11) is 0. The van der Waals surface area contributed by atoms with Crippen molar-refractivity contribution in [3.8, 4) is 22.3 Å². The quantitative estimate of drug-likeness (QED) is 0.234. The first kappa shape index (κ1) is 22.9. The van der Waals surface area contributed by atoms with Crippen LogP contribution in [0.3, 0.4) is 0 Å². The van der Waals surface area contributed by atoms with Crippen molar-refractivity contribution in [1.29, 1.82) is 0 Å². The van der Waals surface area contributed by atoms with Crippen molar-refractivity contribution < 1.29 is 0 Å². The van der Waals surface area contributed by atoms with Gasteiger partial charge in [0, 0.05) is 27.2 Å². The zero-order valence-corrected chi connectivity index (χ0v) is 21.5. The van der Waals surface area contributed by atoms with E-state index >= 15 is 0 Å². The molecule has 0 fully saturated rings. The number of halogens is 1. The van der Waals surface area contributed by atoms with E-state index < -0.39 is 0 Å². The number of hydrogen-bond acceptors (Lipinski definition) is 2. The third-order valence-corrected chi connectivity index (χ3v) is 6.79. The fraction of sp³-hybridized carbons (Fsp3) is 0.0625. The Hall–Kier alpha value is -3.82. The second-order valence-corrected chi connectivity index (χ2v) is 9.76. The van der Waals surface area contributed by atoms with Crippen LogP contribution in [0.2, 0.25) is 0 Å². The van der Waals surface area contributed by atoms with Crippen molar-refractivity contribution in [1.82, 2.24) is 0 Å². The SMILES string of the molecule is Cc1ccc(N(c2ccc(-c3ccc(N)cc3)cc2)c2ccc(-c3ccc(Br)cc3)cc2)c(C)c1. The van der Waals surface area contributed by atoms with E-state index in [0.717, 1.165) is 27.1 Å². The first-order valence-corrected chi connectivity index (χ1v) is 12.5. The standard InChI is InChI=1S/C32H27BrN2/c1-22-3-20-32(23(2)21-22)35(30-16-8-26(9-17-30)24-4-12-28(33)13-5-24)31-18-10-27(11-19-31)25-6-14-29(34)15-7-25/h3-21H,34H2,1-2H3. The summed E-state index contributed by atoms with van der Waals surface area (Å²) >= 11 is 3.52. The number of nitrogens with zero attached hydrogens (tertiary/aromatic N) is 1. The molecule has 5 aromatic carbocycles. The molecule has 0 saturated heterocycles. The van der Waals surface area contributed by atoms with Crippen molar-refractivity contribution in [2.75, 3.05) is 10.6 Å². The van der Waals surface area contributed by atoms with E-state index in [-0.39, 0.29) is 0 Å². The molecule has 0 radical (unpaired) electrons. The second kappa shape index (κ2) is 9.81. The lowest BCUT2D eigenvalue weighted by molar-refractivity contribution is 1.24. The monoisotopic (exact) mass is 518 g/mol. The average Bonchev–Trinajstić information content (AvgIpc) is 2.87. The Morgan fingerprint density at radius 3 is 1.43 bits per heavy atom. The largest absolute Gasteiger partial charge is 0.399 e. The van der Waals surface area contributed by atoms with Crippen molar-refractivity contribution in [3.63, 3.8) is 0 Å². The Morgan fingerprint density at radius 2 is 0.971 bits per heavy atom. The van der Waals surface area contributed by atoms with Crippen molar-refractivity contribution in [2.24, 2.45) is 0 Å². The van der Waals surface area contributed by atoms with Crippen LogP contribution >= 0.6 is 15.9 Å². The Balaban J connectivity index is 1.55. The summed E-state index contributed by atoms with van der Waals surface area (Å²) in [5.74, 6) is 0. The normalized spacial score (nSPS) is 10.8. The topological polar surface area (TPSA) is 29.3 Å². The molecule has 0 aliphatic carbocycles. The first-order chi connectivity index (χ1) is 17.0. The molecule has 0 aliphatic heterocycles. The Labute approximate surface area is 215 Å². The van der Waals surface area contributed by atoms with Gasteiger partial charge in [-0.3, -0.25) is 0 Å². The maximum absolute atomic E-state index is 5.87. The minimum absolute atomic E-state index is 0.776. The van der Waals surface area contributed by atoms with Crippen LogP contribution in [0.1, 0.15) is 11.1 Å².